The average Bonchev–Trinajstić information content (AvgIpc) is 3.62. The Hall–Kier alpha value is -2.28. The number of hydrogen-bond acceptors (Lipinski definition) is 0. The zero-order chi connectivity index (χ0) is 20.1. The van der Waals surface area contributed by atoms with E-state index in [0.717, 1.165) is 35.5 Å². The van der Waals surface area contributed by atoms with Crippen LogP contribution in [0.1, 0.15) is 39.0 Å². The van der Waals surface area contributed by atoms with Crippen LogP contribution in [0.4, 0.5) is 0 Å². The van der Waals surface area contributed by atoms with Crippen LogP contribution in [0, 0.1) is 35.5 Å². The third-order valence-electron chi connectivity index (χ3n) is 8.45. The van der Waals surface area contributed by atoms with Crippen molar-refractivity contribution in [3.63, 3.8) is 0 Å². The number of allylic oxidation sites excluding steroid dienone is 4. The van der Waals surface area contributed by atoms with Crippen LogP contribution in [0.3, 0.4) is 0 Å². The van der Waals surface area contributed by atoms with Gasteiger partial charge in [-0.25, -0.2) is 0 Å². The molecule has 154 valence electrons. The Morgan fingerprint density at radius 2 is 1.20 bits per heavy atom. The predicted octanol–water partition coefficient (Wildman–Crippen LogP) is 7.62. The molecule has 0 radical (unpaired) electrons. The Labute approximate surface area is 180 Å². The van der Waals surface area contributed by atoms with E-state index in [-0.39, 0.29) is 0 Å². The molecule has 0 saturated heterocycles. The predicted molar refractivity (Wildman–Crippen MR) is 127 cm³/mol. The van der Waals surface area contributed by atoms with Crippen molar-refractivity contribution in [3.05, 3.63) is 72.8 Å². The number of rotatable bonds is 3. The molecule has 4 bridgehead atoms. The molecule has 0 N–H and O–H groups in total. The van der Waals surface area contributed by atoms with Crippen molar-refractivity contribution in [1.29, 1.82) is 0 Å². The van der Waals surface area contributed by atoms with E-state index in [1.165, 1.54) is 60.5 Å². The monoisotopic (exact) mass is 395 g/mol. The van der Waals surface area contributed by atoms with E-state index >= 15 is 0 Å². The highest BCUT2D eigenvalue weighted by molar-refractivity contribution is 6.07. The second kappa shape index (κ2) is 7.45. The summed E-state index contributed by atoms with van der Waals surface area (Å²) in [6, 6.07) is 17.7. The van der Waals surface area contributed by atoms with E-state index in [9.17, 15) is 0 Å². The summed E-state index contributed by atoms with van der Waals surface area (Å²) in [4.78, 5) is 0. The molecule has 4 aliphatic rings. The van der Waals surface area contributed by atoms with Gasteiger partial charge in [0.1, 0.15) is 0 Å². The molecule has 0 spiro atoms. The number of hydrogen-bond donors (Lipinski definition) is 0. The Morgan fingerprint density at radius 1 is 0.667 bits per heavy atom. The number of para-hydroxylation sites is 2. The summed E-state index contributed by atoms with van der Waals surface area (Å²) in [5, 5.41) is 2.79. The number of nitrogens with zero attached hydrogens (tertiary/aromatic N) is 1. The highest BCUT2D eigenvalue weighted by Crippen LogP contribution is 2.45. The van der Waals surface area contributed by atoms with Crippen LogP contribution < -0.4 is 0 Å². The summed E-state index contributed by atoms with van der Waals surface area (Å²) in [5.41, 5.74) is 2.79. The van der Waals surface area contributed by atoms with Crippen molar-refractivity contribution < 1.29 is 0 Å². The van der Waals surface area contributed by atoms with Gasteiger partial charge < -0.3 is 4.57 Å². The van der Waals surface area contributed by atoms with Crippen molar-refractivity contribution in [2.45, 2.75) is 45.6 Å². The molecule has 1 nitrogen and oxygen atoms in total. The minimum absolute atomic E-state index is 0.815. The first-order valence-corrected chi connectivity index (χ1v) is 12.1. The van der Waals surface area contributed by atoms with E-state index in [1.807, 2.05) is 0 Å². The molecule has 1 heterocycles. The first-order chi connectivity index (χ1) is 14.8. The van der Waals surface area contributed by atoms with Gasteiger partial charge in [-0.05, 0) is 73.3 Å². The Kier molecular flexibility index (Phi) is 4.59. The Bertz CT molecular complexity index is 1060. The SMILES string of the molecule is C1=CC2CC1CC2Cn1c2ccccc2c2ccccc21.CCC1CC2C=CC1C2. The second-order valence-corrected chi connectivity index (χ2v) is 10.1. The average molecular weight is 396 g/mol. The minimum Gasteiger partial charge on any atom is -0.340 e. The molecule has 3 aromatic rings. The van der Waals surface area contributed by atoms with Gasteiger partial charge in [0.25, 0.3) is 0 Å². The largest absolute Gasteiger partial charge is 0.340 e. The van der Waals surface area contributed by atoms with Crippen molar-refractivity contribution in [3.8, 4) is 0 Å². The van der Waals surface area contributed by atoms with Crippen molar-refractivity contribution in [2.75, 3.05) is 0 Å². The maximum absolute atomic E-state index is 2.56. The summed E-state index contributed by atoms with van der Waals surface area (Å²) in [6.45, 7) is 3.48. The third-order valence-corrected chi connectivity index (χ3v) is 8.45. The van der Waals surface area contributed by atoms with Crippen LogP contribution in [0.25, 0.3) is 21.8 Å². The van der Waals surface area contributed by atoms with Gasteiger partial charge in [-0.3, -0.25) is 0 Å². The zero-order valence-electron chi connectivity index (χ0n) is 18.1. The molecule has 2 fully saturated rings. The highest BCUT2D eigenvalue weighted by atomic mass is 15.0. The lowest BCUT2D eigenvalue weighted by atomic mass is 9.91. The fourth-order valence-corrected chi connectivity index (χ4v) is 6.90. The summed E-state index contributed by atoms with van der Waals surface area (Å²) >= 11 is 0. The summed E-state index contributed by atoms with van der Waals surface area (Å²) in [5.74, 6) is 5.47. The number of benzene rings is 2. The molecule has 2 saturated carbocycles. The van der Waals surface area contributed by atoms with Gasteiger partial charge in [-0.1, -0.05) is 74.0 Å². The van der Waals surface area contributed by atoms with Crippen molar-refractivity contribution in [1.82, 2.24) is 4.57 Å². The molecule has 4 aliphatic carbocycles. The van der Waals surface area contributed by atoms with Gasteiger partial charge in [0.05, 0.1) is 0 Å². The first kappa shape index (κ1) is 18.5. The maximum atomic E-state index is 2.56. The van der Waals surface area contributed by atoms with Gasteiger partial charge in [-0.15, -0.1) is 0 Å². The lowest BCUT2D eigenvalue weighted by Gasteiger charge is -2.20. The molecule has 30 heavy (non-hydrogen) atoms. The number of aromatic nitrogens is 1. The second-order valence-electron chi connectivity index (χ2n) is 10.1. The molecule has 1 heteroatoms. The third kappa shape index (κ3) is 3.06. The van der Waals surface area contributed by atoms with Crippen molar-refractivity contribution >= 4 is 21.8 Å². The molecule has 6 atom stereocenters. The standard InChI is InChI=1S/C20H19N.C9H14/c1-3-7-19-17(5-1)18-6-2-4-8-20(18)21(19)13-16-12-14-9-10-15(16)11-14;1-2-8-5-7-3-4-9(8)6-7/h1-10,14-16H,11-13H2;3-4,7-9H,2,5-6H2,1H3. The molecule has 7 rings (SSSR count). The lowest BCUT2D eigenvalue weighted by molar-refractivity contribution is 0.394. The minimum atomic E-state index is 0.815. The Morgan fingerprint density at radius 3 is 1.63 bits per heavy atom. The van der Waals surface area contributed by atoms with Gasteiger partial charge in [0.15, 0.2) is 0 Å². The summed E-state index contributed by atoms with van der Waals surface area (Å²) in [6.07, 6.45) is 16.9. The first-order valence-electron chi connectivity index (χ1n) is 12.1. The fourth-order valence-electron chi connectivity index (χ4n) is 6.90. The van der Waals surface area contributed by atoms with Crippen LogP contribution in [0.2, 0.25) is 0 Å². The molecule has 1 aromatic heterocycles. The van der Waals surface area contributed by atoms with Gasteiger partial charge >= 0.3 is 0 Å². The molecular formula is C29H33N. The van der Waals surface area contributed by atoms with Gasteiger partial charge in [-0.2, -0.15) is 0 Å². The molecular weight excluding hydrogens is 362 g/mol. The smallest absolute Gasteiger partial charge is 0.0491 e. The fraction of sp³-hybridized carbons (Fsp3) is 0.448. The number of fused-ring (bicyclic) bond motifs is 7. The van der Waals surface area contributed by atoms with Crippen LogP contribution in [-0.4, -0.2) is 4.57 Å². The normalized spacial score (nSPS) is 33.0. The lowest BCUT2D eigenvalue weighted by Crippen LogP contribution is -2.14. The quantitative estimate of drug-likeness (QED) is 0.402. The molecule has 2 aromatic carbocycles. The van der Waals surface area contributed by atoms with Crippen LogP contribution in [-0.2, 0) is 6.54 Å². The van der Waals surface area contributed by atoms with Crippen LogP contribution in [0.15, 0.2) is 72.8 Å². The van der Waals surface area contributed by atoms with E-state index in [1.54, 1.807) is 0 Å². The molecule has 0 aliphatic heterocycles. The van der Waals surface area contributed by atoms with Gasteiger partial charge in [0, 0.05) is 28.4 Å². The highest BCUT2D eigenvalue weighted by Gasteiger charge is 2.36. The van der Waals surface area contributed by atoms with Crippen molar-refractivity contribution in [2.24, 2.45) is 35.5 Å². The molecule has 6 unspecified atom stereocenters. The van der Waals surface area contributed by atoms with E-state index < -0.39 is 0 Å². The topological polar surface area (TPSA) is 4.93 Å². The van der Waals surface area contributed by atoms with Gasteiger partial charge in [0.2, 0.25) is 0 Å². The van der Waals surface area contributed by atoms with E-state index in [2.05, 4.69) is 84.3 Å². The summed E-state index contributed by atoms with van der Waals surface area (Å²) < 4.78 is 2.56. The van der Waals surface area contributed by atoms with Crippen LogP contribution >= 0.6 is 0 Å². The van der Waals surface area contributed by atoms with E-state index in [0.29, 0.717) is 0 Å². The van der Waals surface area contributed by atoms with E-state index in [4.69, 9.17) is 0 Å². The zero-order valence-corrected chi connectivity index (χ0v) is 18.1. The van der Waals surface area contributed by atoms with Crippen LogP contribution in [0.5, 0.6) is 0 Å². The Balaban J connectivity index is 0.000000163. The molecule has 0 amide bonds. The maximum Gasteiger partial charge on any atom is 0.0491 e. The summed E-state index contributed by atoms with van der Waals surface area (Å²) in [7, 11) is 0.